The maximum Gasteiger partial charge on any atom is 0.320 e. The number of hydrogen-bond acceptors (Lipinski definition) is 14. The molecule has 0 bridgehead atoms. The molecule has 1 fully saturated rings. The Morgan fingerprint density at radius 2 is 1.60 bits per heavy atom. The second-order valence-corrected chi connectivity index (χ2v) is 10.5. The smallest absolute Gasteiger partial charge is 0.320 e. The number of thioether (sulfide) groups is 1. The first-order chi connectivity index (χ1) is 20.6. The molecule has 0 aliphatic carbocycles. The lowest BCUT2D eigenvalue weighted by atomic mass is 10.1. The van der Waals surface area contributed by atoms with Gasteiger partial charge in [-0.3, -0.25) is 43.3 Å². The molecule has 0 spiro atoms. The number of rotatable bonds is 27. The van der Waals surface area contributed by atoms with Gasteiger partial charge < -0.3 is 35.1 Å². The van der Waals surface area contributed by atoms with Crippen LogP contribution in [0.15, 0.2) is 0 Å². The summed E-state index contributed by atoms with van der Waals surface area (Å²) in [6.45, 7) is 1.58. The lowest BCUT2D eigenvalue weighted by Gasteiger charge is -2.19. The van der Waals surface area contributed by atoms with E-state index < -0.39 is 46.8 Å². The van der Waals surface area contributed by atoms with E-state index in [1.54, 1.807) is 0 Å². The molecule has 3 unspecified atom stereocenters. The van der Waals surface area contributed by atoms with Gasteiger partial charge in [0.2, 0.25) is 17.7 Å². The van der Waals surface area contributed by atoms with Crippen LogP contribution in [0.5, 0.6) is 0 Å². The van der Waals surface area contributed by atoms with Gasteiger partial charge in [-0.25, -0.2) is 0 Å². The minimum atomic E-state index is -1.27. The van der Waals surface area contributed by atoms with Gasteiger partial charge in [-0.15, -0.1) is 11.8 Å². The molecule has 16 nitrogen and oxygen atoms in total. The Bertz CT molecular complexity index is 965. The zero-order valence-electron chi connectivity index (χ0n) is 23.8. The van der Waals surface area contributed by atoms with Crippen LogP contribution in [0.4, 0.5) is 0 Å². The highest BCUT2D eigenvalue weighted by Crippen LogP contribution is 2.26. The molecule has 0 aromatic rings. The molecule has 1 aliphatic heterocycles. The van der Waals surface area contributed by atoms with Crippen LogP contribution in [0.2, 0.25) is 0 Å². The molecule has 242 valence electrons. The van der Waals surface area contributed by atoms with E-state index in [0.717, 1.165) is 16.7 Å². The maximum absolute atomic E-state index is 12.8. The Hall–Kier alpha value is -3.41. The average Bonchev–Trinajstić information content (AvgIpc) is 3.25. The van der Waals surface area contributed by atoms with Crippen LogP contribution in [0.1, 0.15) is 44.9 Å². The van der Waals surface area contributed by atoms with Crippen LogP contribution >= 0.6 is 11.8 Å². The Morgan fingerprint density at radius 1 is 0.953 bits per heavy atom. The quantitative estimate of drug-likeness (QED) is 0.0536. The van der Waals surface area contributed by atoms with E-state index >= 15 is 0 Å². The van der Waals surface area contributed by atoms with Crippen molar-refractivity contribution >= 4 is 60.0 Å². The third-order valence-corrected chi connectivity index (χ3v) is 7.37. The Labute approximate surface area is 252 Å². The van der Waals surface area contributed by atoms with E-state index in [1.165, 1.54) is 0 Å². The predicted molar refractivity (Wildman–Crippen MR) is 149 cm³/mol. The number of ketones is 2. The summed E-state index contributed by atoms with van der Waals surface area (Å²) in [7, 11) is 0. The number of aliphatic carboxylic acids is 1. The molecule has 1 rings (SSSR count). The third kappa shape index (κ3) is 16.1. The number of carboxylic acids is 1. The summed E-state index contributed by atoms with van der Waals surface area (Å²) in [6.07, 6.45) is -0.107. The fourth-order valence-electron chi connectivity index (χ4n) is 3.71. The summed E-state index contributed by atoms with van der Waals surface area (Å²) >= 11 is 0.999. The number of nitrogens with two attached hydrogens (primary N) is 1. The number of ether oxygens (including phenoxy) is 4. The molecule has 4 N–H and O–H groups in total. The molecule has 3 atom stereocenters. The number of likely N-dealkylation sites (tertiary alicyclic amines) is 1. The van der Waals surface area contributed by atoms with Gasteiger partial charge in [-0.2, -0.15) is 0 Å². The molecule has 1 saturated heterocycles. The first-order valence-electron chi connectivity index (χ1n) is 13.6. The van der Waals surface area contributed by atoms with Crippen LogP contribution in [-0.4, -0.2) is 127 Å². The number of carbonyl (C=O) groups is 8. The van der Waals surface area contributed by atoms with Crippen molar-refractivity contribution in [3.63, 3.8) is 0 Å². The Morgan fingerprint density at radius 3 is 2.28 bits per heavy atom. The molecule has 0 aromatic heterocycles. The first-order valence-corrected chi connectivity index (χ1v) is 14.7. The topological polar surface area (TPSA) is 235 Å². The van der Waals surface area contributed by atoms with Gasteiger partial charge in [0.05, 0.1) is 37.7 Å². The van der Waals surface area contributed by atoms with Crippen molar-refractivity contribution in [2.75, 3.05) is 51.9 Å². The molecule has 0 saturated carbocycles. The first kappa shape index (κ1) is 37.6. The van der Waals surface area contributed by atoms with Gasteiger partial charge in [0.15, 0.2) is 5.78 Å². The summed E-state index contributed by atoms with van der Waals surface area (Å²) < 4.78 is 19.5. The van der Waals surface area contributed by atoms with Gasteiger partial charge in [-0.05, 0) is 12.8 Å². The van der Waals surface area contributed by atoms with Crippen LogP contribution in [0, 0.1) is 0 Å². The Balaban J connectivity index is 2.47. The standard InChI is InChI=1S/C26H39N3O13S/c27-19(26(37)38)3-4-23(34)28-20(21(33)6-9-41-16-30)15-43-22-14-24(35)29(25(22)36)7-5-18(32)2-1-8-39-10-11-40-12-13-42-17-31/h16-17,19-20,22H,1-15,27H2,(H,28,34)(H,37,38). The van der Waals surface area contributed by atoms with Gasteiger partial charge in [-0.1, -0.05) is 0 Å². The number of nitrogens with one attached hydrogen (secondary N) is 1. The monoisotopic (exact) mass is 633 g/mol. The van der Waals surface area contributed by atoms with Gasteiger partial charge in [0, 0.05) is 51.0 Å². The highest BCUT2D eigenvalue weighted by atomic mass is 32.2. The summed E-state index contributed by atoms with van der Waals surface area (Å²) in [5.41, 5.74) is 5.41. The molecular formula is C26H39N3O13S. The minimum absolute atomic E-state index is 0.0128. The number of carboxylic acid groups (broad SMARTS) is 1. The van der Waals surface area contributed by atoms with E-state index in [0.29, 0.717) is 32.7 Å². The Kier molecular flexibility index (Phi) is 19.4. The fourth-order valence-corrected chi connectivity index (χ4v) is 4.94. The predicted octanol–water partition coefficient (Wildman–Crippen LogP) is -1.40. The summed E-state index contributed by atoms with van der Waals surface area (Å²) in [5, 5.41) is 10.5. The average molecular weight is 634 g/mol. The largest absolute Gasteiger partial charge is 0.480 e. The van der Waals surface area contributed by atoms with E-state index in [1.807, 2.05) is 0 Å². The molecule has 43 heavy (non-hydrogen) atoms. The second kappa shape index (κ2) is 22.2. The highest BCUT2D eigenvalue weighted by Gasteiger charge is 2.39. The van der Waals surface area contributed by atoms with Crippen molar-refractivity contribution in [3.05, 3.63) is 0 Å². The highest BCUT2D eigenvalue weighted by molar-refractivity contribution is 8.00. The molecule has 0 radical (unpaired) electrons. The van der Waals surface area contributed by atoms with Crippen LogP contribution in [-0.2, 0) is 57.3 Å². The lowest BCUT2D eigenvalue weighted by Crippen LogP contribution is -2.44. The number of nitrogens with zero attached hydrogens (tertiary/aromatic N) is 1. The summed E-state index contributed by atoms with van der Waals surface area (Å²) in [4.78, 5) is 94.8. The SMILES string of the molecule is NC(CCC(=O)NC(CSC1CC(=O)N(CCC(=O)CCCOCCOCCOC=O)C1=O)C(=O)CCOC=O)C(=O)O. The second-order valence-electron chi connectivity index (χ2n) is 9.28. The van der Waals surface area contributed by atoms with Crippen LogP contribution < -0.4 is 11.1 Å². The van der Waals surface area contributed by atoms with Gasteiger partial charge >= 0.3 is 5.97 Å². The summed E-state index contributed by atoms with van der Waals surface area (Å²) in [5.74, 6) is -3.54. The van der Waals surface area contributed by atoms with Crippen molar-refractivity contribution in [1.29, 1.82) is 0 Å². The van der Waals surface area contributed by atoms with Crippen molar-refractivity contribution < 1.29 is 62.4 Å². The number of amides is 3. The molecule has 1 heterocycles. The normalized spacial score (nSPS) is 15.9. The van der Waals surface area contributed by atoms with E-state index in [4.69, 9.17) is 20.3 Å². The summed E-state index contributed by atoms with van der Waals surface area (Å²) in [6, 6.07) is -2.34. The number of imide groups is 1. The fraction of sp³-hybridized carbons (Fsp3) is 0.692. The molecular weight excluding hydrogens is 594 g/mol. The third-order valence-electron chi connectivity index (χ3n) is 6.07. The van der Waals surface area contributed by atoms with Crippen molar-refractivity contribution in [3.8, 4) is 0 Å². The van der Waals surface area contributed by atoms with Crippen LogP contribution in [0.25, 0.3) is 0 Å². The van der Waals surface area contributed by atoms with E-state index in [2.05, 4.69) is 14.8 Å². The van der Waals surface area contributed by atoms with Gasteiger partial charge in [0.25, 0.3) is 12.9 Å². The molecule has 1 aliphatic rings. The number of carbonyl (C=O) groups excluding carboxylic acids is 7. The van der Waals surface area contributed by atoms with E-state index in [9.17, 15) is 38.4 Å². The number of hydrogen-bond donors (Lipinski definition) is 3. The van der Waals surface area contributed by atoms with Crippen molar-refractivity contribution in [1.82, 2.24) is 10.2 Å². The lowest BCUT2D eigenvalue weighted by molar-refractivity contribution is -0.140. The molecule has 3 amide bonds. The molecule has 17 heteroatoms. The minimum Gasteiger partial charge on any atom is -0.480 e. The zero-order chi connectivity index (χ0) is 32.0. The van der Waals surface area contributed by atoms with Crippen LogP contribution in [0.3, 0.4) is 0 Å². The van der Waals surface area contributed by atoms with E-state index in [-0.39, 0.29) is 82.9 Å². The van der Waals surface area contributed by atoms with Crippen molar-refractivity contribution in [2.24, 2.45) is 5.73 Å². The van der Waals surface area contributed by atoms with Gasteiger partial charge in [0.1, 0.15) is 18.4 Å². The van der Waals surface area contributed by atoms with Crippen molar-refractivity contribution in [2.45, 2.75) is 62.3 Å². The number of Topliss-reactive ketones (excluding diaryl/α,β-unsaturated/α-hetero) is 2. The zero-order valence-corrected chi connectivity index (χ0v) is 24.6. The maximum atomic E-state index is 12.8. The molecule has 0 aromatic carbocycles.